The second-order valence-electron chi connectivity index (χ2n) is 4.44. The highest BCUT2D eigenvalue weighted by Crippen LogP contribution is 2.32. The lowest BCUT2D eigenvalue weighted by atomic mass is 9.86. The fourth-order valence-electron chi connectivity index (χ4n) is 2.19. The van der Waals surface area contributed by atoms with Gasteiger partial charge in [-0.25, -0.2) is 4.98 Å². The lowest BCUT2D eigenvalue weighted by Crippen LogP contribution is -2.25. The van der Waals surface area contributed by atoms with E-state index in [-0.39, 0.29) is 0 Å². The van der Waals surface area contributed by atoms with Crippen LogP contribution in [0.5, 0.6) is 0 Å². The molecule has 1 saturated carbocycles. The van der Waals surface area contributed by atoms with E-state index in [1.807, 2.05) is 5.38 Å². The van der Waals surface area contributed by atoms with E-state index in [4.69, 9.17) is 10.3 Å². The molecule has 2 heterocycles. The number of aromatic nitrogens is 3. The average Bonchev–Trinajstić information content (AvgIpc) is 3.00. The van der Waals surface area contributed by atoms with E-state index in [1.165, 1.54) is 11.3 Å². The third kappa shape index (κ3) is 2.23. The van der Waals surface area contributed by atoms with E-state index in [2.05, 4.69) is 15.1 Å². The molecule has 2 N–H and O–H groups in total. The molecule has 6 heteroatoms. The lowest BCUT2D eigenvalue weighted by molar-refractivity contribution is 0.301. The molecule has 0 spiro atoms. The molecule has 0 unspecified atom stereocenters. The average molecular weight is 250 g/mol. The highest BCUT2D eigenvalue weighted by Gasteiger charge is 2.25. The van der Waals surface area contributed by atoms with Crippen molar-refractivity contribution in [3.8, 4) is 11.5 Å². The highest BCUT2D eigenvalue weighted by molar-refractivity contribution is 7.07. The van der Waals surface area contributed by atoms with Crippen molar-refractivity contribution in [2.75, 3.05) is 0 Å². The number of hydrogen-bond acceptors (Lipinski definition) is 6. The quantitative estimate of drug-likeness (QED) is 0.883. The van der Waals surface area contributed by atoms with Crippen LogP contribution in [-0.2, 0) is 0 Å². The van der Waals surface area contributed by atoms with Crippen molar-refractivity contribution < 1.29 is 4.52 Å². The highest BCUT2D eigenvalue weighted by atomic mass is 32.1. The maximum atomic E-state index is 5.88. The first-order valence-electron chi connectivity index (χ1n) is 5.80. The molecular weight excluding hydrogens is 236 g/mol. The van der Waals surface area contributed by atoms with E-state index >= 15 is 0 Å². The minimum absolute atomic E-state index is 0.340. The van der Waals surface area contributed by atoms with Crippen molar-refractivity contribution in [2.24, 2.45) is 5.73 Å². The minimum atomic E-state index is 0.340. The van der Waals surface area contributed by atoms with Crippen LogP contribution in [-0.4, -0.2) is 21.2 Å². The summed E-state index contributed by atoms with van der Waals surface area (Å²) in [5, 5.41) is 5.90. The summed E-state index contributed by atoms with van der Waals surface area (Å²) < 4.78 is 5.33. The van der Waals surface area contributed by atoms with Crippen molar-refractivity contribution in [3.05, 3.63) is 16.8 Å². The molecule has 0 amide bonds. The maximum Gasteiger partial charge on any atom is 0.230 e. The normalized spacial score (nSPS) is 25.0. The molecule has 0 saturated heterocycles. The predicted octanol–water partition coefficient (Wildman–Crippen LogP) is 2.18. The van der Waals surface area contributed by atoms with Crippen LogP contribution in [0.4, 0.5) is 0 Å². The Morgan fingerprint density at radius 1 is 1.29 bits per heavy atom. The van der Waals surface area contributed by atoms with Gasteiger partial charge in [-0.15, -0.1) is 11.3 Å². The zero-order chi connectivity index (χ0) is 11.7. The van der Waals surface area contributed by atoms with Crippen LogP contribution in [0.15, 0.2) is 15.4 Å². The lowest BCUT2D eigenvalue weighted by Gasteiger charge is -2.22. The molecule has 0 aromatic carbocycles. The standard InChI is InChI=1S/C11H14N4OS/c12-8-3-1-7(2-4-8)11-14-10(15-16-11)9-5-17-6-13-9/h5-8H,1-4,12H2. The van der Waals surface area contributed by atoms with Gasteiger partial charge in [0.25, 0.3) is 0 Å². The van der Waals surface area contributed by atoms with Crippen molar-refractivity contribution >= 4 is 11.3 Å². The van der Waals surface area contributed by atoms with Crippen LogP contribution in [0, 0.1) is 0 Å². The van der Waals surface area contributed by atoms with Crippen LogP contribution < -0.4 is 5.73 Å². The molecule has 0 atom stereocenters. The number of hydrogen-bond donors (Lipinski definition) is 1. The summed E-state index contributed by atoms with van der Waals surface area (Å²) in [5.74, 6) is 1.70. The van der Waals surface area contributed by atoms with Gasteiger partial charge in [-0.05, 0) is 25.7 Å². The number of nitrogens with two attached hydrogens (primary N) is 1. The Morgan fingerprint density at radius 2 is 2.12 bits per heavy atom. The smallest absolute Gasteiger partial charge is 0.230 e. The second kappa shape index (κ2) is 4.54. The molecule has 3 rings (SSSR count). The zero-order valence-electron chi connectivity index (χ0n) is 9.37. The third-order valence-corrected chi connectivity index (χ3v) is 3.81. The van der Waals surface area contributed by atoms with Gasteiger partial charge in [0.1, 0.15) is 5.69 Å². The topological polar surface area (TPSA) is 77.8 Å². The molecule has 0 bridgehead atoms. The third-order valence-electron chi connectivity index (χ3n) is 3.22. The molecule has 1 aliphatic rings. The number of rotatable bonds is 2. The summed E-state index contributed by atoms with van der Waals surface area (Å²) in [5.41, 5.74) is 8.44. The molecule has 90 valence electrons. The number of thiazole rings is 1. The first kappa shape index (κ1) is 10.9. The van der Waals surface area contributed by atoms with Crippen LogP contribution in [0.25, 0.3) is 11.5 Å². The summed E-state index contributed by atoms with van der Waals surface area (Å²) in [6.07, 6.45) is 4.16. The van der Waals surface area contributed by atoms with Gasteiger partial charge in [-0.3, -0.25) is 0 Å². The van der Waals surface area contributed by atoms with Crippen LogP contribution in [0.1, 0.15) is 37.5 Å². The molecule has 2 aromatic heterocycles. The van der Waals surface area contributed by atoms with Crippen LogP contribution >= 0.6 is 11.3 Å². The predicted molar refractivity (Wildman–Crippen MR) is 64.6 cm³/mol. The first-order chi connectivity index (χ1) is 8.33. The van der Waals surface area contributed by atoms with Gasteiger partial charge in [0.2, 0.25) is 11.7 Å². The van der Waals surface area contributed by atoms with Crippen molar-refractivity contribution in [2.45, 2.75) is 37.6 Å². The molecule has 2 aromatic rings. The van der Waals surface area contributed by atoms with E-state index in [9.17, 15) is 0 Å². The van der Waals surface area contributed by atoms with Gasteiger partial charge in [0.05, 0.1) is 5.51 Å². The van der Waals surface area contributed by atoms with Crippen LogP contribution in [0.2, 0.25) is 0 Å². The Bertz CT molecular complexity index is 473. The molecule has 0 aliphatic heterocycles. The molecular formula is C11H14N4OS. The van der Waals surface area contributed by atoms with Gasteiger partial charge in [0.15, 0.2) is 0 Å². The molecule has 0 radical (unpaired) electrons. The molecule has 1 aliphatic carbocycles. The second-order valence-corrected chi connectivity index (χ2v) is 5.16. The van der Waals surface area contributed by atoms with Crippen molar-refractivity contribution in [1.29, 1.82) is 0 Å². The Balaban J connectivity index is 1.76. The van der Waals surface area contributed by atoms with E-state index in [0.717, 1.165) is 37.3 Å². The SMILES string of the molecule is NC1CCC(c2nc(-c3cscn3)no2)CC1. The zero-order valence-corrected chi connectivity index (χ0v) is 10.2. The first-order valence-corrected chi connectivity index (χ1v) is 6.75. The van der Waals surface area contributed by atoms with Crippen LogP contribution in [0.3, 0.4) is 0 Å². The minimum Gasteiger partial charge on any atom is -0.339 e. The van der Waals surface area contributed by atoms with Gasteiger partial charge in [-0.1, -0.05) is 5.16 Å². The Hall–Kier alpha value is -1.27. The maximum absolute atomic E-state index is 5.88. The summed E-state index contributed by atoms with van der Waals surface area (Å²) in [4.78, 5) is 8.60. The van der Waals surface area contributed by atoms with Gasteiger partial charge in [0, 0.05) is 17.3 Å². The molecule has 17 heavy (non-hydrogen) atoms. The van der Waals surface area contributed by atoms with Gasteiger partial charge < -0.3 is 10.3 Å². The summed E-state index contributed by atoms with van der Waals surface area (Å²) in [6, 6.07) is 0.340. The van der Waals surface area contributed by atoms with E-state index in [1.54, 1.807) is 5.51 Å². The van der Waals surface area contributed by atoms with E-state index in [0.29, 0.717) is 17.8 Å². The molecule has 5 nitrogen and oxygen atoms in total. The van der Waals surface area contributed by atoms with Crippen molar-refractivity contribution in [3.63, 3.8) is 0 Å². The largest absolute Gasteiger partial charge is 0.339 e. The van der Waals surface area contributed by atoms with Gasteiger partial charge in [-0.2, -0.15) is 4.98 Å². The summed E-state index contributed by atoms with van der Waals surface area (Å²) >= 11 is 1.53. The fraction of sp³-hybridized carbons (Fsp3) is 0.545. The van der Waals surface area contributed by atoms with Crippen molar-refractivity contribution in [1.82, 2.24) is 15.1 Å². The monoisotopic (exact) mass is 250 g/mol. The summed E-state index contributed by atoms with van der Waals surface area (Å²) in [6.45, 7) is 0. The Morgan fingerprint density at radius 3 is 2.82 bits per heavy atom. The van der Waals surface area contributed by atoms with E-state index < -0.39 is 0 Å². The Kier molecular flexibility index (Phi) is 2.90. The number of nitrogens with zero attached hydrogens (tertiary/aromatic N) is 3. The Labute approximate surface area is 103 Å². The fourth-order valence-corrected chi connectivity index (χ4v) is 2.72. The summed E-state index contributed by atoms with van der Waals surface area (Å²) in [7, 11) is 0. The van der Waals surface area contributed by atoms with Gasteiger partial charge >= 0.3 is 0 Å². The molecule has 1 fully saturated rings.